The van der Waals surface area contributed by atoms with Gasteiger partial charge in [-0.1, -0.05) is 0 Å². The number of aromatic nitrogens is 3. The summed E-state index contributed by atoms with van der Waals surface area (Å²) in [5, 5.41) is 10.3. The van der Waals surface area contributed by atoms with E-state index in [0.29, 0.717) is 23.6 Å². The van der Waals surface area contributed by atoms with Crippen molar-refractivity contribution in [3.8, 4) is 5.88 Å². The van der Waals surface area contributed by atoms with Gasteiger partial charge in [0, 0.05) is 24.7 Å². The van der Waals surface area contributed by atoms with Gasteiger partial charge in [0.2, 0.25) is 11.8 Å². The Morgan fingerprint density at radius 3 is 3.00 bits per heavy atom. The van der Waals surface area contributed by atoms with Gasteiger partial charge in [0.05, 0.1) is 24.9 Å². The molecular weight excluding hydrogens is 342 g/mol. The number of carbonyl (C=O) groups is 2. The summed E-state index contributed by atoms with van der Waals surface area (Å²) in [7, 11) is 1.51. The summed E-state index contributed by atoms with van der Waals surface area (Å²) in [4.78, 5) is 24.9. The largest absolute Gasteiger partial charge is 0.480 e. The van der Waals surface area contributed by atoms with Gasteiger partial charge in [-0.3, -0.25) is 14.3 Å². The van der Waals surface area contributed by atoms with Crippen LogP contribution in [0.25, 0.3) is 0 Å². The van der Waals surface area contributed by atoms with Crippen LogP contribution in [0.2, 0.25) is 0 Å². The van der Waals surface area contributed by atoms with E-state index in [9.17, 15) is 9.59 Å². The Labute approximate surface area is 149 Å². The number of rotatable bonds is 5. The number of piperidine rings is 1. The highest BCUT2D eigenvalue weighted by molar-refractivity contribution is 7.08. The molecule has 2 atom stereocenters. The van der Waals surface area contributed by atoms with Crippen molar-refractivity contribution in [1.82, 2.24) is 24.8 Å². The third-order valence-electron chi connectivity index (χ3n) is 4.15. The molecule has 3 rings (SSSR count). The Morgan fingerprint density at radius 2 is 2.32 bits per heavy atom. The van der Waals surface area contributed by atoms with Gasteiger partial charge in [0.15, 0.2) is 0 Å². The van der Waals surface area contributed by atoms with Gasteiger partial charge in [-0.05, 0) is 37.9 Å². The van der Waals surface area contributed by atoms with Gasteiger partial charge in [0.25, 0.3) is 5.91 Å². The highest BCUT2D eigenvalue weighted by Crippen LogP contribution is 2.26. The summed E-state index contributed by atoms with van der Waals surface area (Å²) in [5.74, 6) is 0.176. The van der Waals surface area contributed by atoms with Crippen molar-refractivity contribution in [2.24, 2.45) is 0 Å². The summed E-state index contributed by atoms with van der Waals surface area (Å²) in [6, 6.07) is 3.11. The van der Waals surface area contributed by atoms with Gasteiger partial charge < -0.3 is 15.4 Å². The van der Waals surface area contributed by atoms with Crippen molar-refractivity contribution >= 4 is 23.3 Å². The fourth-order valence-electron chi connectivity index (χ4n) is 2.94. The van der Waals surface area contributed by atoms with E-state index in [2.05, 4.69) is 20.1 Å². The van der Waals surface area contributed by atoms with E-state index in [1.165, 1.54) is 7.11 Å². The van der Waals surface area contributed by atoms with Crippen LogP contribution in [0.1, 0.15) is 54.1 Å². The zero-order chi connectivity index (χ0) is 18.0. The quantitative estimate of drug-likeness (QED) is 0.842. The minimum atomic E-state index is -0.315. The first-order valence-electron chi connectivity index (χ1n) is 8.14. The molecule has 0 spiro atoms. The number of hydrogen-bond acceptors (Lipinski definition) is 6. The molecule has 0 radical (unpaired) electrons. The molecule has 3 heterocycles. The molecule has 2 aromatic rings. The van der Waals surface area contributed by atoms with Crippen LogP contribution in [0, 0.1) is 0 Å². The van der Waals surface area contributed by atoms with Crippen LogP contribution in [-0.4, -0.2) is 39.1 Å². The molecule has 0 saturated carbocycles. The van der Waals surface area contributed by atoms with E-state index in [1.54, 1.807) is 12.3 Å². The van der Waals surface area contributed by atoms with Crippen molar-refractivity contribution in [3.05, 3.63) is 28.9 Å². The summed E-state index contributed by atoms with van der Waals surface area (Å²) in [6.45, 7) is 4.05. The molecule has 9 heteroatoms. The van der Waals surface area contributed by atoms with Crippen molar-refractivity contribution in [2.45, 2.75) is 44.8 Å². The Morgan fingerprint density at radius 1 is 1.52 bits per heavy atom. The van der Waals surface area contributed by atoms with Crippen LogP contribution in [0.3, 0.4) is 0 Å². The Kier molecular flexibility index (Phi) is 5.03. The zero-order valence-electron chi connectivity index (χ0n) is 14.4. The van der Waals surface area contributed by atoms with Crippen molar-refractivity contribution < 1.29 is 14.3 Å². The molecule has 134 valence electrons. The van der Waals surface area contributed by atoms with E-state index < -0.39 is 0 Å². The maximum Gasteiger partial charge on any atom is 0.263 e. The third-order valence-corrected chi connectivity index (χ3v) is 4.92. The summed E-state index contributed by atoms with van der Waals surface area (Å²) in [5.41, 5.74) is 0.884. The van der Waals surface area contributed by atoms with Crippen LogP contribution < -0.4 is 15.4 Å². The maximum absolute atomic E-state index is 12.5. The minimum absolute atomic E-state index is 0.0218. The fraction of sp³-hybridized carbons (Fsp3) is 0.500. The first-order valence-corrected chi connectivity index (χ1v) is 8.91. The Hall–Kier alpha value is -2.42. The molecule has 1 aliphatic heterocycles. The number of nitrogens with zero attached hydrogens (tertiary/aromatic N) is 3. The monoisotopic (exact) mass is 363 g/mol. The van der Waals surface area contributed by atoms with E-state index in [0.717, 1.165) is 17.2 Å². The van der Waals surface area contributed by atoms with Crippen molar-refractivity contribution in [2.75, 3.05) is 7.11 Å². The number of nitrogens with one attached hydrogen (secondary N) is 2. The van der Waals surface area contributed by atoms with E-state index >= 15 is 0 Å². The second-order valence-electron chi connectivity index (χ2n) is 6.19. The standard InChI is InChI=1S/C16H21N5O3S/c1-9(2)21-11(6-7-17-21)15-10(4-5-13(22)19-15)18-16(23)12-8-14(24-3)20-25-12/h6-10,15H,4-5H2,1-3H3,(H,18,23)(H,19,22)/t10-,15-/m1/s1. The molecule has 0 bridgehead atoms. The molecule has 0 aromatic carbocycles. The SMILES string of the molecule is COc1cc(C(=O)N[C@@H]2CCC(=O)N[C@H]2c2ccnn2C(C)C)sn1. The average molecular weight is 363 g/mol. The van der Waals surface area contributed by atoms with Crippen LogP contribution in [0.5, 0.6) is 5.88 Å². The molecule has 0 aliphatic carbocycles. The lowest BCUT2D eigenvalue weighted by molar-refractivity contribution is -0.124. The van der Waals surface area contributed by atoms with Gasteiger partial charge in [0.1, 0.15) is 4.88 Å². The van der Waals surface area contributed by atoms with Crippen LogP contribution in [0.4, 0.5) is 0 Å². The minimum Gasteiger partial charge on any atom is -0.480 e. The lowest BCUT2D eigenvalue weighted by Gasteiger charge is -2.33. The average Bonchev–Trinajstić information content (AvgIpc) is 3.25. The molecule has 1 aliphatic rings. The highest BCUT2D eigenvalue weighted by atomic mass is 32.1. The van der Waals surface area contributed by atoms with E-state index in [-0.39, 0.29) is 29.9 Å². The molecule has 2 N–H and O–H groups in total. The van der Waals surface area contributed by atoms with Gasteiger partial charge in [-0.2, -0.15) is 9.47 Å². The van der Waals surface area contributed by atoms with Gasteiger partial charge in [-0.15, -0.1) is 0 Å². The summed E-state index contributed by atoms with van der Waals surface area (Å²) in [6.07, 6.45) is 2.66. The highest BCUT2D eigenvalue weighted by Gasteiger charge is 2.34. The fourth-order valence-corrected chi connectivity index (χ4v) is 3.55. The molecule has 8 nitrogen and oxygen atoms in total. The molecule has 0 unspecified atom stereocenters. The lowest BCUT2D eigenvalue weighted by atomic mass is 9.95. The number of hydrogen-bond donors (Lipinski definition) is 2. The molecular formula is C16H21N5O3S. The van der Waals surface area contributed by atoms with Gasteiger partial charge >= 0.3 is 0 Å². The molecule has 1 saturated heterocycles. The van der Waals surface area contributed by atoms with E-state index in [1.807, 2.05) is 24.6 Å². The first kappa shape index (κ1) is 17.4. The predicted molar refractivity (Wildman–Crippen MR) is 92.6 cm³/mol. The zero-order valence-corrected chi connectivity index (χ0v) is 15.2. The lowest BCUT2D eigenvalue weighted by Crippen LogP contribution is -2.50. The number of carbonyl (C=O) groups excluding carboxylic acids is 2. The predicted octanol–water partition coefficient (Wildman–Crippen LogP) is 1.68. The Balaban J connectivity index is 1.81. The van der Waals surface area contributed by atoms with Gasteiger partial charge in [-0.25, -0.2) is 0 Å². The Bertz CT molecular complexity index is 769. The second kappa shape index (κ2) is 7.22. The second-order valence-corrected chi connectivity index (χ2v) is 7.00. The van der Waals surface area contributed by atoms with Crippen molar-refractivity contribution in [1.29, 1.82) is 0 Å². The smallest absolute Gasteiger partial charge is 0.263 e. The normalized spacial score (nSPS) is 20.4. The summed E-state index contributed by atoms with van der Waals surface area (Å²) >= 11 is 1.09. The number of amides is 2. The molecule has 2 aromatic heterocycles. The van der Waals surface area contributed by atoms with Crippen LogP contribution >= 0.6 is 11.5 Å². The summed E-state index contributed by atoms with van der Waals surface area (Å²) < 4.78 is 10.9. The third kappa shape index (κ3) is 3.65. The first-order chi connectivity index (χ1) is 12.0. The number of methoxy groups -OCH3 is 1. The van der Waals surface area contributed by atoms with Crippen LogP contribution in [-0.2, 0) is 4.79 Å². The van der Waals surface area contributed by atoms with Crippen LogP contribution in [0.15, 0.2) is 18.3 Å². The topological polar surface area (TPSA) is 98.1 Å². The van der Waals surface area contributed by atoms with E-state index in [4.69, 9.17) is 4.74 Å². The maximum atomic E-state index is 12.5. The van der Waals surface area contributed by atoms with Crippen molar-refractivity contribution in [3.63, 3.8) is 0 Å². The molecule has 1 fully saturated rings. The molecule has 2 amide bonds. The number of ether oxygens (including phenoxy) is 1. The molecule has 25 heavy (non-hydrogen) atoms.